The maximum Gasteiger partial charge on any atom is 0.160 e. The Bertz CT molecular complexity index is 3130. The van der Waals surface area contributed by atoms with Crippen LogP contribution in [0.15, 0.2) is 211 Å². The van der Waals surface area contributed by atoms with Gasteiger partial charge < -0.3 is 13.9 Å². The summed E-state index contributed by atoms with van der Waals surface area (Å²) in [6, 6.07) is 71.9. The van der Waals surface area contributed by atoms with E-state index in [1.807, 2.05) is 24.3 Å². The molecule has 0 spiro atoms. The van der Waals surface area contributed by atoms with Crippen LogP contribution in [0.3, 0.4) is 0 Å². The molecule has 0 aliphatic carbocycles. The quantitative estimate of drug-likeness (QED) is 0.164. The lowest BCUT2D eigenvalue weighted by atomic mass is 10.1. The summed E-state index contributed by atoms with van der Waals surface area (Å²) in [4.78, 5) is 12.9. The van der Waals surface area contributed by atoms with Crippen LogP contribution in [-0.2, 0) is 0 Å². The van der Waals surface area contributed by atoms with Crippen LogP contribution in [0.1, 0.15) is 0 Å². The Labute approximate surface area is 329 Å². The standard InChI is InChI=1S/C52H34N4O/c1-5-17-35(18-6-1)45-34-46(36-19-7-2-8-20-36)54-52(53-45)37-31-40(55(38-21-9-3-10-22-38)39-23-11-4-12-24-39)33-41(32-37)56-47-27-15-13-26-44(47)50-48(56)30-29-43-42-25-14-16-28-49(42)57-51(43)50/h1-34H. The maximum absolute atomic E-state index is 6.66. The van der Waals surface area contributed by atoms with Crippen molar-refractivity contribution in [3.63, 3.8) is 0 Å². The van der Waals surface area contributed by atoms with Gasteiger partial charge in [0.05, 0.1) is 27.8 Å². The van der Waals surface area contributed by atoms with Crippen LogP contribution < -0.4 is 4.90 Å². The highest BCUT2D eigenvalue weighted by Crippen LogP contribution is 2.43. The smallest absolute Gasteiger partial charge is 0.160 e. The van der Waals surface area contributed by atoms with E-state index < -0.39 is 0 Å². The lowest BCUT2D eigenvalue weighted by molar-refractivity contribution is 0.673. The minimum Gasteiger partial charge on any atom is -0.455 e. The van der Waals surface area contributed by atoms with Crippen LogP contribution in [0, 0.1) is 0 Å². The summed E-state index contributed by atoms with van der Waals surface area (Å²) < 4.78 is 9.02. The average Bonchev–Trinajstić information content (AvgIpc) is 3.84. The van der Waals surface area contributed by atoms with Crippen LogP contribution in [-0.4, -0.2) is 14.5 Å². The highest BCUT2D eigenvalue weighted by molar-refractivity contribution is 6.23. The summed E-state index contributed by atoms with van der Waals surface area (Å²) in [7, 11) is 0. The number of fused-ring (bicyclic) bond motifs is 7. The second-order valence-electron chi connectivity index (χ2n) is 14.2. The molecule has 0 fully saturated rings. The zero-order valence-corrected chi connectivity index (χ0v) is 30.8. The van der Waals surface area contributed by atoms with Crippen molar-refractivity contribution in [3.8, 4) is 39.6 Å². The fourth-order valence-electron chi connectivity index (χ4n) is 8.19. The van der Waals surface area contributed by atoms with Gasteiger partial charge in [0, 0.05) is 55.6 Å². The van der Waals surface area contributed by atoms with Gasteiger partial charge in [-0.25, -0.2) is 9.97 Å². The molecule has 0 N–H and O–H groups in total. The third-order valence-corrected chi connectivity index (χ3v) is 10.8. The number of aromatic nitrogens is 3. The summed E-state index contributed by atoms with van der Waals surface area (Å²) in [5.41, 5.74) is 12.6. The van der Waals surface area contributed by atoms with Crippen molar-refractivity contribution in [3.05, 3.63) is 206 Å². The van der Waals surface area contributed by atoms with Crippen molar-refractivity contribution in [2.24, 2.45) is 0 Å². The zero-order chi connectivity index (χ0) is 37.7. The molecule has 0 aliphatic rings. The molecular weight excluding hydrogens is 697 g/mol. The van der Waals surface area contributed by atoms with E-state index >= 15 is 0 Å². The summed E-state index contributed by atoms with van der Waals surface area (Å²) in [5, 5.41) is 4.43. The van der Waals surface area contributed by atoms with Gasteiger partial charge in [0.2, 0.25) is 0 Å². The van der Waals surface area contributed by atoms with Gasteiger partial charge >= 0.3 is 0 Å². The van der Waals surface area contributed by atoms with E-state index in [-0.39, 0.29) is 0 Å². The predicted molar refractivity (Wildman–Crippen MR) is 235 cm³/mol. The van der Waals surface area contributed by atoms with E-state index in [4.69, 9.17) is 14.4 Å². The minimum atomic E-state index is 0.639. The van der Waals surface area contributed by atoms with Gasteiger partial charge in [0.25, 0.3) is 0 Å². The normalized spacial score (nSPS) is 11.5. The van der Waals surface area contributed by atoms with Crippen LogP contribution in [0.25, 0.3) is 83.3 Å². The first-order chi connectivity index (χ1) is 28.3. The molecule has 0 bridgehead atoms. The molecule has 0 radical (unpaired) electrons. The van der Waals surface area contributed by atoms with E-state index in [0.717, 1.165) is 94.6 Å². The molecule has 268 valence electrons. The number of anilines is 3. The Morgan fingerprint density at radius 2 is 0.965 bits per heavy atom. The first kappa shape index (κ1) is 32.7. The van der Waals surface area contributed by atoms with E-state index in [9.17, 15) is 0 Å². The van der Waals surface area contributed by atoms with Crippen LogP contribution >= 0.6 is 0 Å². The van der Waals surface area contributed by atoms with Crippen LogP contribution in [0.2, 0.25) is 0 Å². The lowest BCUT2D eigenvalue weighted by Crippen LogP contribution is -2.11. The van der Waals surface area contributed by atoms with Gasteiger partial charge in [0.15, 0.2) is 5.82 Å². The number of para-hydroxylation sites is 4. The van der Waals surface area contributed by atoms with E-state index in [1.54, 1.807) is 0 Å². The molecule has 3 aromatic heterocycles. The number of hydrogen-bond donors (Lipinski definition) is 0. The second kappa shape index (κ2) is 13.5. The summed E-state index contributed by atoms with van der Waals surface area (Å²) in [6.45, 7) is 0. The number of furan rings is 1. The molecule has 5 nitrogen and oxygen atoms in total. The van der Waals surface area contributed by atoms with Gasteiger partial charge in [-0.3, -0.25) is 0 Å². The molecule has 0 saturated heterocycles. The van der Waals surface area contributed by atoms with Crippen LogP contribution in [0.5, 0.6) is 0 Å². The van der Waals surface area contributed by atoms with Crippen LogP contribution in [0.4, 0.5) is 17.1 Å². The third kappa shape index (κ3) is 5.64. The van der Waals surface area contributed by atoms with E-state index in [1.165, 1.54) is 0 Å². The molecule has 0 saturated carbocycles. The lowest BCUT2D eigenvalue weighted by Gasteiger charge is -2.27. The summed E-state index contributed by atoms with van der Waals surface area (Å²) in [5.74, 6) is 0.639. The molecule has 0 aliphatic heterocycles. The summed E-state index contributed by atoms with van der Waals surface area (Å²) in [6.07, 6.45) is 0. The van der Waals surface area contributed by atoms with Crippen molar-refractivity contribution in [1.82, 2.24) is 14.5 Å². The molecular formula is C52H34N4O. The van der Waals surface area contributed by atoms with E-state index in [0.29, 0.717) is 5.82 Å². The average molecular weight is 731 g/mol. The Morgan fingerprint density at radius 1 is 0.404 bits per heavy atom. The minimum absolute atomic E-state index is 0.639. The molecule has 8 aromatic carbocycles. The Kier molecular flexibility index (Phi) is 7.74. The van der Waals surface area contributed by atoms with E-state index in [2.05, 4.69) is 191 Å². The van der Waals surface area contributed by atoms with Crippen molar-refractivity contribution in [2.45, 2.75) is 0 Å². The highest BCUT2D eigenvalue weighted by atomic mass is 16.3. The van der Waals surface area contributed by atoms with Gasteiger partial charge in [-0.05, 0) is 72.8 Å². The molecule has 0 unspecified atom stereocenters. The number of hydrogen-bond acceptors (Lipinski definition) is 4. The third-order valence-electron chi connectivity index (χ3n) is 10.8. The molecule has 11 aromatic rings. The largest absolute Gasteiger partial charge is 0.455 e. The molecule has 0 amide bonds. The monoisotopic (exact) mass is 730 g/mol. The van der Waals surface area contributed by atoms with Crippen molar-refractivity contribution >= 4 is 60.8 Å². The Balaban J connectivity index is 1.23. The van der Waals surface area contributed by atoms with Crippen molar-refractivity contribution < 1.29 is 4.42 Å². The van der Waals surface area contributed by atoms with Gasteiger partial charge in [-0.15, -0.1) is 0 Å². The first-order valence-corrected chi connectivity index (χ1v) is 19.2. The zero-order valence-electron chi connectivity index (χ0n) is 30.8. The van der Waals surface area contributed by atoms with Crippen molar-refractivity contribution in [1.29, 1.82) is 0 Å². The fraction of sp³-hybridized carbons (Fsp3) is 0. The molecule has 57 heavy (non-hydrogen) atoms. The first-order valence-electron chi connectivity index (χ1n) is 19.2. The van der Waals surface area contributed by atoms with Gasteiger partial charge in [0.1, 0.15) is 11.2 Å². The Morgan fingerprint density at radius 3 is 1.61 bits per heavy atom. The number of benzene rings is 8. The molecule has 11 rings (SSSR count). The maximum atomic E-state index is 6.66. The van der Waals surface area contributed by atoms with Gasteiger partial charge in [-0.1, -0.05) is 133 Å². The summed E-state index contributed by atoms with van der Waals surface area (Å²) >= 11 is 0. The number of rotatable bonds is 7. The van der Waals surface area contributed by atoms with Crippen molar-refractivity contribution in [2.75, 3.05) is 4.90 Å². The molecule has 5 heteroatoms. The van der Waals surface area contributed by atoms with Gasteiger partial charge in [-0.2, -0.15) is 0 Å². The second-order valence-corrected chi connectivity index (χ2v) is 14.2. The number of nitrogens with zero attached hydrogens (tertiary/aromatic N) is 4. The Hall–Kier alpha value is -7.76. The fourth-order valence-corrected chi connectivity index (χ4v) is 8.19. The molecule has 3 heterocycles. The topological polar surface area (TPSA) is 47.1 Å². The molecule has 0 atom stereocenters. The SMILES string of the molecule is c1ccc(-c2cc(-c3ccccc3)nc(-c3cc(N(c4ccccc4)c4ccccc4)cc(-n4c5ccccc5c5c6oc7ccccc7c6ccc54)c3)n2)cc1. The predicted octanol–water partition coefficient (Wildman–Crippen LogP) is 13.9. The highest BCUT2D eigenvalue weighted by Gasteiger charge is 2.22.